The van der Waals surface area contributed by atoms with Crippen LogP contribution in [0.1, 0.15) is 61.3 Å². The van der Waals surface area contributed by atoms with Crippen LogP contribution >= 0.6 is 0 Å². The molecule has 1 fully saturated rings. The maximum absolute atomic E-state index is 12.4. The van der Waals surface area contributed by atoms with Gasteiger partial charge in [-0.2, -0.15) is 0 Å². The molecule has 2 aliphatic rings. The summed E-state index contributed by atoms with van der Waals surface area (Å²) < 4.78 is 13.1. The van der Waals surface area contributed by atoms with E-state index in [0.717, 1.165) is 37.4 Å². The molecule has 0 aromatic carbocycles. The molecule has 0 unspecified atom stereocenters. The van der Waals surface area contributed by atoms with E-state index in [1.807, 2.05) is 26.8 Å². The van der Waals surface area contributed by atoms with Crippen LogP contribution in [0.25, 0.3) is 0 Å². The highest BCUT2D eigenvalue weighted by Gasteiger charge is 2.32. The summed E-state index contributed by atoms with van der Waals surface area (Å²) in [6.07, 6.45) is 1.53. The minimum atomic E-state index is -0.545. The predicted octanol–water partition coefficient (Wildman–Crippen LogP) is 2.23. The van der Waals surface area contributed by atoms with Gasteiger partial charge in [-0.15, -0.1) is 0 Å². The van der Waals surface area contributed by atoms with Crippen LogP contribution in [0.2, 0.25) is 0 Å². The number of nitrogens with two attached hydrogens (primary N) is 1. The molecule has 2 amide bonds. The van der Waals surface area contributed by atoms with Crippen molar-refractivity contribution in [3.05, 3.63) is 23.0 Å². The van der Waals surface area contributed by atoms with Gasteiger partial charge in [-0.25, -0.2) is 4.79 Å². The Balaban J connectivity index is 1.86. The number of rotatable bonds is 2. The molecule has 0 atom stereocenters. The van der Waals surface area contributed by atoms with E-state index >= 15 is 0 Å². The molecule has 25 heavy (non-hydrogen) atoms. The molecule has 0 bridgehead atoms. The number of primary amides is 1. The SMILES string of the molecule is CC(C)(C)OC(=O)N1CCn2c(C3CCOCC3)cc(C(N)=O)c2C1. The van der Waals surface area contributed by atoms with Crippen LogP contribution in [0.3, 0.4) is 0 Å². The van der Waals surface area contributed by atoms with Gasteiger partial charge in [0.25, 0.3) is 5.91 Å². The Bertz CT molecular complexity index is 669. The van der Waals surface area contributed by atoms with Crippen LogP contribution in [0.4, 0.5) is 4.79 Å². The van der Waals surface area contributed by atoms with Crippen LogP contribution in [0.15, 0.2) is 6.07 Å². The number of amides is 2. The lowest BCUT2D eigenvalue weighted by molar-refractivity contribution is 0.0195. The minimum absolute atomic E-state index is 0.344. The third-order valence-electron chi connectivity index (χ3n) is 4.73. The lowest BCUT2D eigenvalue weighted by atomic mass is 9.96. The molecule has 1 aromatic heterocycles. The summed E-state index contributed by atoms with van der Waals surface area (Å²) in [5, 5.41) is 0. The van der Waals surface area contributed by atoms with Gasteiger partial charge in [0, 0.05) is 37.9 Å². The molecule has 138 valence electrons. The fraction of sp³-hybridized carbons (Fsp3) is 0.667. The molecule has 3 heterocycles. The number of ether oxygens (including phenoxy) is 2. The van der Waals surface area contributed by atoms with E-state index in [2.05, 4.69) is 4.57 Å². The fourth-order valence-corrected chi connectivity index (χ4v) is 3.55. The number of carbonyl (C=O) groups excluding carboxylic acids is 2. The summed E-state index contributed by atoms with van der Waals surface area (Å²) in [7, 11) is 0. The number of hydrogen-bond donors (Lipinski definition) is 1. The molecule has 7 nitrogen and oxygen atoms in total. The van der Waals surface area contributed by atoms with E-state index in [9.17, 15) is 9.59 Å². The van der Waals surface area contributed by atoms with Gasteiger partial charge in [-0.05, 0) is 39.7 Å². The first-order valence-electron chi connectivity index (χ1n) is 8.84. The largest absolute Gasteiger partial charge is 0.444 e. The molecule has 3 rings (SSSR count). The summed E-state index contributed by atoms with van der Waals surface area (Å²) in [6, 6.07) is 1.91. The number of aromatic nitrogens is 1. The van der Waals surface area contributed by atoms with Gasteiger partial charge in [0.15, 0.2) is 0 Å². The number of nitrogens with zero attached hydrogens (tertiary/aromatic N) is 2. The first kappa shape index (κ1) is 17.8. The number of carbonyl (C=O) groups is 2. The van der Waals surface area contributed by atoms with Gasteiger partial charge in [0.1, 0.15) is 5.60 Å². The second-order valence-electron chi connectivity index (χ2n) is 7.73. The standard InChI is InChI=1S/C18H27N3O4/c1-18(2,3)25-17(23)20-6-7-21-14(12-4-8-24-9-5-12)10-13(16(19)22)15(21)11-20/h10,12H,4-9,11H2,1-3H3,(H2,19,22). The maximum atomic E-state index is 12.4. The van der Waals surface area contributed by atoms with Gasteiger partial charge in [-0.1, -0.05) is 0 Å². The molecule has 0 spiro atoms. The second-order valence-corrected chi connectivity index (χ2v) is 7.73. The van der Waals surface area contributed by atoms with Crippen LogP contribution < -0.4 is 5.73 Å². The van der Waals surface area contributed by atoms with Crippen LogP contribution in [-0.2, 0) is 22.6 Å². The molecule has 0 aliphatic carbocycles. The fourth-order valence-electron chi connectivity index (χ4n) is 3.55. The number of fused-ring (bicyclic) bond motifs is 1. The highest BCUT2D eigenvalue weighted by atomic mass is 16.6. The van der Waals surface area contributed by atoms with Crippen molar-refractivity contribution in [2.45, 2.75) is 58.2 Å². The lowest BCUT2D eigenvalue weighted by Gasteiger charge is -2.33. The first-order chi connectivity index (χ1) is 11.8. The van der Waals surface area contributed by atoms with Crippen molar-refractivity contribution in [3.8, 4) is 0 Å². The Morgan fingerprint density at radius 2 is 1.92 bits per heavy atom. The van der Waals surface area contributed by atoms with Crippen LogP contribution in [-0.4, -0.2) is 46.8 Å². The van der Waals surface area contributed by atoms with Crippen LogP contribution in [0, 0.1) is 0 Å². The van der Waals surface area contributed by atoms with Crippen molar-refractivity contribution in [2.24, 2.45) is 5.73 Å². The molecule has 0 radical (unpaired) electrons. The molecule has 0 saturated carbocycles. The Kier molecular flexibility index (Phi) is 4.77. The Hall–Kier alpha value is -2.02. The summed E-state index contributed by atoms with van der Waals surface area (Å²) in [6.45, 7) is 8.55. The maximum Gasteiger partial charge on any atom is 0.410 e. The normalized spacial score (nSPS) is 18.8. The van der Waals surface area contributed by atoms with Gasteiger partial charge >= 0.3 is 6.09 Å². The molecular formula is C18H27N3O4. The van der Waals surface area contributed by atoms with E-state index in [0.29, 0.717) is 31.1 Å². The van der Waals surface area contributed by atoms with Crippen molar-refractivity contribution in [1.82, 2.24) is 9.47 Å². The van der Waals surface area contributed by atoms with E-state index in [4.69, 9.17) is 15.2 Å². The second kappa shape index (κ2) is 6.71. The van der Waals surface area contributed by atoms with Gasteiger partial charge in [0.05, 0.1) is 17.8 Å². The van der Waals surface area contributed by atoms with Gasteiger partial charge in [-0.3, -0.25) is 4.79 Å². The topological polar surface area (TPSA) is 86.8 Å². The quantitative estimate of drug-likeness (QED) is 0.887. The third kappa shape index (κ3) is 3.81. The third-order valence-corrected chi connectivity index (χ3v) is 4.73. The first-order valence-corrected chi connectivity index (χ1v) is 8.84. The minimum Gasteiger partial charge on any atom is -0.444 e. The van der Waals surface area contributed by atoms with Crippen molar-refractivity contribution in [3.63, 3.8) is 0 Å². The molecule has 2 aliphatic heterocycles. The summed E-state index contributed by atoms with van der Waals surface area (Å²) in [5.74, 6) is -0.0817. The summed E-state index contributed by atoms with van der Waals surface area (Å²) in [4.78, 5) is 25.9. The monoisotopic (exact) mass is 349 g/mol. The van der Waals surface area contributed by atoms with Crippen molar-refractivity contribution in [2.75, 3.05) is 19.8 Å². The van der Waals surface area contributed by atoms with Crippen molar-refractivity contribution in [1.29, 1.82) is 0 Å². The summed E-state index contributed by atoms with van der Waals surface area (Å²) in [5.41, 5.74) is 7.50. The van der Waals surface area contributed by atoms with Crippen molar-refractivity contribution < 1.29 is 19.1 Å². The average Bonchev–Trinajstić information content (AvgIpc) is 2.93. The number of hydrogen-bond acceptors (Lipinski definition) is 4. The predicted molar refractivity (Wildman–Crippen MR) is 92.4 cm³/mol. The Morgan fingerprint density at radius 3 is 2.52 bits per heavy atom. The zero-order chi connectivity index (χ0) is 18.2. The van der Waals surface area contributed by atoms with Gasteiger partial charge < -0.3 is 24.7 Å². The van der Waals surface area contributed by atoms with E-state index in [1.54, 1.807) is 4.90 Å². The Morgan fingerprint density at radius 1 is 1.24 bits per heavy atom. The average molecular weight is 349 g/mol. The highest BCUT2D eigenvalue weighted by Crippen LogP contribution is 2.33. The summed E-state index contributed by atoms with van der Waals surface area (Å²) >= 11 is 0. The molecule has 1 aromatic rings. The van der Waals surface area contributed by atoms with E-state index in [-0.39, 0.29) is 6.09 Å². The zero-order valence-electron chi connectivity index (χ0n) is 15.2. The molecule has 2 N–H and O–H groups in total. The van der Waals surface area contributed by atoms with E-state index < -0.39 is 11.5 Å². The Labute approximate surface area is 148 Å². The van der Waals surface area contributed by atoms with Gasteiger partial charge in [0.2, 0.25) is 0 Å². The van der Waals surface area contributed by atoms with Crippen LogP contribution in [0.5, 0.6) is 0 Å². The highest BCUT2D eigenvalue weighted by molar-refractivity contribution is 5.94. The van der Waals surface area contributed by atoms with Crippen molar-refractivity contribution >= 4 is 12.0 Å². The zero-order valence-corrected chi connectivity index (χ0v) is 15.2. The lowest BCUT2D eigenvalue weighted by Crippen LogP contribution is -2.42. The molecular weight excluding hydrogens is 322 g/mol. The molecule has 7 heteroatoms. The molecule has 1 saturated heterocycles. The van der Waals surface area contributed by atoms with E-state index in [1.165, 1.54) is 0 Å². The smallest absolute Gasteiger partial charge is 0.410 e.